The van der Waals surface area contributed by atoms with Crippen molar-refractivity contribution in [3.8, 4) is 11.5 Å². The predicted octanol–water partition coefficient (Wildman–Crippen LogP) is 3.43. The van der Waals surface area contributed by atoms with Crippen molar-refractivity contribution in [2.24, 2.45) is 0 Å². The highest BCUT2D eigenvalue weighted by molar-refractivity contribution is 5.56. The molecule has 0 saturated heterocycles. The van der Waals surface area contributed by atoms with Crippen LogP contribution in [0, 0.1) is 0 Å². The van der Waals surface area contributed by atoms with E-state index >= 15 is 0 Å². The van der Waals surface area contributed by atoms with Crippen LogP contribution in [-0.4, -0.2) is 19.3 Å². The minimum absolute atomic E-state index is 0.488. The summed E-state index contributed by atoms with van der Waals surface area (Å²) < 4.78 is 11.2. The fraction of sp³-hybridized carbons (Fsp3) is 0.333. The number of ether oxygens (including phenoxy) is 2. The monoisotopic (exact) mass is 281 g/mol. The number of rotatable bonds is 2. The van der Waals surface area contributed by atoms with Crippen LogP contribution in [0.5, 0.6) is 11.5 Å². The van der Waals surface area contributed by atoms with Crippen molar-refractivity contribution < 1.29 is 9.47 Å². The molecule has 1 aliphatic carbocycles. The fourth-order valence-electron chi connectivity index (χ4n) is 3.19. The largest absolute Gasteiger partial charge is 0.486 e. The first-order valence-corrected chi connectivity index (χ1v) is 7.61. The first kappa shape index (κ1) is 12.6. The van der Waals surface area contributed by atoms with Crippen LogP contribution >= 0.6 is 0 Å². The summed E-state index contributed by atoms with van der Waals surface area (Å²) in [6, 6.07) is 15.4. The topological polar surface area (TPSA) is 30.5 Å². The van der Waals surface area contributed by atoms with Gasteiger partial charge in [-0.3, -0.25) is 0 Å². The molecule has 0 radical (unpaired) electrons. The zero-order chi connectivity index (χ0) is 14.1. The van der Waals surface area contributed by atoms with E-state index in [1.54, 1.807) is 0 Å². The molecule has 2 aliphatic rings. The van der Waals surface area contributed by atoms with Crippen molar-refractivity contribution in [1.29, 1.82) is 0 Å². The zero-order valence-corrected chi connectivity index (χ0v) is 12.0. The molecule has 0 bridgehead atoms. The van der Waals surface area contributed by atoms with E-state index in [4.69, 9.17) is 9.47 Å². The summed E-state index contributed by atoms with van der Waals surface area (Å²) in [6.45, 7) is 1.27. The van der Waals surface area contributed by atoms with Crippen LogP contribution in [-0.2, 0) is 12.8 Å². The third kappa shape index (κ3) is 2.56. The number of nitrogens with one attached hydrogen (secondary N) is 1. The number of anilines is 1. The average molecular weight is 281 g/mol. The van der Waals surface area contributed by atoms with Crippen LogP contribution in [0.2, 0.25) is 0 Å². The lowest BCUT2D eigenvalue weighted by molar-refractivity contribution is 0.171. The average Bonchev–Trinajstić information content (AvgIpc) is 2.55. The molecule has 0 saturated carbocycles. The van der Waals surface area contributed by atoms with Gasteiger partial charge in [0.25, 0.3) is 0 Å². The zero-order valence-electron chi connectivity index (χ0n) is 12.0. The van der Waals surface area contributed by atoms with Gasteiger partial charge in [0.2, 0.25) is 0 Å². The van der Waals surface area contributed by atoms with E-state index in [0.717, 1.165) is 30.0 Å². The lowest BCUT2D eigenvalue weighted by Crippen LogP contribution is -2.27. The van der Waals surface area contributed by atoms with Crippen LogP contribution in [0.1, 0.15) is 17.5 Å². The van der Waals surface area contributed by atoms with Gasteiger partial charge in [0.05, 0.1) is 0 Å². The Bertz CT molecular complexity index is 653. The number of hydrogen-bond acceptors (Lipinski definition) is 3. The van der Waals surface area contributed by atoms with Gasteiger partial charge < -0.3 is 14.8 Å². The van der Waals surface area contributed by atoms with Gasteiger partial charge in [0.15, 0.2) is 11.5 Å². The minimum Gasteiger partial charge on any atom is -0.486 e. The van der Waals surface area contributed by atoms with Gasteiger partial charge in [-0.05, 0) is 42.5 Å². The number of hydrogen-bond donors (Lipinski definition) is 1. The molecule has 3 nitrogen and oxygen atoms in total. The van der Waals surface area contributed by atoms with Gasteiger partial charge in [0.1, 0.15) is 13.2 Å². The quantitative estimate of drug-likeness (QED) is 0.915. The molecule has 2 aromatic carbocycles. The Morgan fingerprint density at radius 3 is 2.62 bits per heavy atom. The van der Waals surface area contributed by atoms with E-state index in [-0.39, 0.29) is 0 Å². The summed E-state index contributed by atoms with van der Waals surface area (Å²) in [7, 11) is 0. The maximum Gasteiger partial charge on any atom is 0.163 e. The molecule has 1 N–H and O–H groups in total. The number of aryl methyl sites for hydroxylation is 1. The fourth-order valence-corrected chi connectivity index (χ4v) is 3.19. The molecule has 1 unspecified atom stereocenters. The third-order valence-corrected chi connectivity index (χ3v) is 4.26. The molecule has 4 rings (SSSR count). The summed E-state index contributed by atoms with van der Waals surface area (Å²) in [4.78, 5) is 0. The summed E-state index contributed by atoms with van der Waals surface area (Å²) in [5.74, 6) is 1.70. The van der Waals surface area contributed by atoms with Crippen molar-refractivity contribution in [2.45, 2.75) is 25.3 Å². The molecule has 1 heterocycles. The van der Waals surface area contributed by atoms with Crippen LogP contribution in [0.25, 0.3) is 0 Å². The number of fused-ring (bicyclic) bond motifs is 2. The Kier molecular flexibility index (Phi) is 3.18. The Hall–Kier alpha value is -2.16. The Morgan fingerprint density at radius 2 is 1.71 bits per heavy atom. The van der Waals surface area contributed by atoms with E-state index in [9.17, 15) is 0 Å². The predicted molar refractivity (Wildman–Crippen MR) is 83.3 cm³/mol. The van der Waals surface area contributed by atoms with Gasteiger partial charge in [-0.15, -0.1) is 0 Å². The lowest BCUT2D eigenvalue weighted by atomic mass is 9.88. The molecule has 3 heteroatoms. The van der Waals surface area contributed by atoms with E-state index in [1.165, 1.54) is 17.5 Å². The van der Waals surface area contributed by atoms with Crippen molar-refractivity contribution >= 4 is 5.69 Å². The highest BCUT2D eigenvalue weighted by atomic mass is 16.6. The van der Waals surface area contributed by atoms with Gasteiger partial charge in [-0.1, -0.05) is 24.3 Å². The summed E-state index contributed by atoms with van der Waals surface area (Å²) in [5.41, 5.74) is 4.08. The second kappa shape index (κ2) is 5.32. The molecule has 0 amide bonds. The first-order chi connectivity index (χ1) is 10.4. The van der Waals surface area contributed by atoms with Crippen molar-refractivity contribution in [3.63, 3.8) is 0 Å². The van der Waals surface area contributed by atoms with Crippen LogP contribution in [0.3, 0.4) is 0 Å². The number of benzene rings is 2. The Balaban J connectivity index is 1.50. The highest BCUT2D eigenvalue weighted by Crippen LogP contribution is 2.33. The molecule has 0 spiro atoms. The van der Waals surface area contributed by atoms with Crippen molar-refractivity contribution in [1.82, 2.24) is 0 Å². The van der Waals surface area contributed by atoms with E-state index in [0.29, 0.717) is 19.3 Å². The maximum atomic E-state index is 5.64. The van der Waals surface area contributed by atoms with E-state index in [2.05, 4.69) is 41.7 Å². The van der Waals surface area contributed by atoms with Gasteiger partial charge in [-0.25, -0.2) is 0 Å². The molecule has 1 aliphatic heterocycles. The van der Waals surface area contributed by atoms with Crippen LogP contribution in [0.4, 0.5) is 5.69 Å². The second-order valence-corrected chi connectivity index (χ2v) is 5.71. The molecular weight excluding hydrogens is 262 g/mol. The molecular formula is C18H19NO2. The highest BCUT2D eigenvalue weighted by Gasteiger charge is 2.19. The first-order valence-electron chi connectivity index (χ1n) is 7.61. The van der Waals surface area contributed by atoms with E-state index < -0.39 is 0 Å². The standard InChI is InChI=1S/C18H19NO2/c1-2-4-14-11-15(6-5-13(14)3-1)19-16-7-8-17-18(12-16)21-10-9-20-17/h1-4,7-8,12,15,19H,5-6,9-11H2. The Labute approximate surface area is 124 Å². The Morgan fingerprint density at radius 1 is 0.905 bits per heavy atom. The smallest absolute Gasteiger partial charge is 0.163 e. The molecule has 2 aromatic rings. The molecule has 108 valence electrons. The molecule has 21 heavy (non-hydrogen) atoms. The lowest BCUT2D eigenvalue weighted by Gasteiger charge is -2.27. The normalized spacial score (nSPS) is 19.7. The SMILES string of the molecule is c1ccc2c(c1)CCC(Nc1ccc3c(c1)OCCO3)C2. The van der Waals surface area contributed by atoms with Crippen molar-refractivity contribution in [2.75, 3.05) is 18.5 Å². The molecule has 1 atom stereocenters. The van der Waals surface area contributed by atoms with E-state index in [1.807, 2.05) is 6.07 Å². The van der Waals surface area contributed by atoms with Gasteiger partial charge in [-0.2, -0.15) is 0 Å². The van der Waals surface area contributed by atoms with Crippen LogP contribution < -0.4 is 14.8 Å². The second-order valence-electron chi connectivity index (χ2n) is 5.71. The maximum absolute atomic E-state index is 5.64. The summed E-state index contributed by atoms with van der Waals surface area (Å²) >= 11 is 0. The van der Waals surface area contributed by atoms with Gasteiger partial charge in [0, 0.05) is 17.8 Å². The minimum atomic E-state index is 0.488. The summed E-state index contributed by atoms with van der Waals surface area (Å²) in [5, 5.41) is 3.64. The molecule has 0 aromatic heterocycles. The van der Waals surface area contributed by atoms with Crippen LogP contribution in [0.15, 0.2) is 42.5 Å². The molecule has 0 fully saturated rings. The van der Waals surface area contributed by atoms with Crippen molar-refractivity contribution in [3.05, 3.63) is 53.6 Å². The van der Waals surface area contributed by atoms with Gasteiger partial charge >= 0.3 is 0 Å². The summed E-state index contributed by atoms with van der Waals surface area (Å²) in [6.07, 6.45) is 3.41. The third-order valence-electron chi connectivity index (χ3n) is 4.26.